The second-order valence-corrected chi connectivity index (χ2v) is 13.3. The van der Waals surface area contributed by atoms with E-state index in [-0.39, 0.29) is 57.0 Å². The molecule has 0 aliphatic heterocycles. The summed E-state index contributed by atoms with van der Waals surface area (Å²) < 4.78 is 12.8. The first-order chi connectivity index (χ1) is 22.0. The van der Waals surface area contributed by atoms with E-state index in [1.807, 2.05) is 64.1 Å². The molecule has 249 valence electrons. The molecule has 0 saturated carbocycles. The van der Waals surface area contributed by atoms with Crippen LogP contribution in [-0.4, -0.2) is 45.0 Å². The minimum absolute atomic E-state index is 0. The van der Waals surface area contributed by atoms with Crippen LogP contribution in [-0.2, 0) is 26.7 Å². The standard InChI is InChI=1S/C17H19N3O3S.C15H15N3O3S.Cu/c1-4-23-10-5-6-11-14(7-10)24-16(18-11)20-19-15-12(21)8-17(2,3)9-13(15)22;1-2-21-9-6-7-10-13(8-9)22-15(16-10)18-17-14-11(19)4-3-5-12(14)20;/h5-7,21H,4,8-9H2,1-3H3;6-8,19H,2-5H2,1H3;/q;;+2. The average Bonchev–Trinajstić information content (AvgIpc) is 3.59. The van der Waals surface area contributed by atoms with Gasteiger partial charge >= 0.3 is 17.1 Å². The number of Topliss-reactive ketones (excluding diaryl/α,β-unsaturated/α-hetero) is 2. The number of rotatable bonds is 8. The average molecular weight is 726 g/mol. The maximum absolute atomic E-state index is 12.1. The number of fused-ring (bicyclic) bond motifs is 2. The zero-order chi connectivity index (χ0) is 32.8. The Labute approximate surface area is 289 Å². The molecule has 0 fully saturated rings. The molecule has 2 aliphatic rings. The van der Waals surface area contributed by atoms with Gasteiger partial charge in [0.2, 0.25) is 10.3 Å². The van der Waals surface area contributed by atoms with Gasteiger partial charge in [-0.05, 0) is 62.1 Å². The number of thiazole rings is 2. The molecule has 4 aromatic rings. The maximum atomic E-state index is 12.1. The Hall–Kier alpha value is -4.04. The molecule has 0 atom stereocenters. The Morgan fingerprint density at radius 1 is 0.745 bits per heavy atom. The zero-order valence-corrected chi connectivity index (χ0v) is 28.8. The summed E-state index contributed by atoms with van der Waals surface area (Å²) >= 11 is 2.72. The first kappa shape index (κ1) is 35.8. The molecule has 15 heteroatoms. The molecule has 2 aliphatic carbocycles. The van der Waals surface area contributed by atoms with Gasteiger partial charge in [0.15, 0.2) is 23.0 Å². The van der Waals surface area contributed by atoms with Crippen molar-refractivity contribution in [3.63, 3.8) is 0 Å². The second kappa shape index (κ2) is 15.7. The number of azo groups is 2. The van der Waals surface area contributed by atoms with Crippen LogP contribution >= 0.6 is 22.7 Å². The van der Waals surface area contributed by atoms with Crippen LogP contribution in [0.2, 0.25) is 0 Å². The number of carbonyl (C=O) groups excluding carboxylic acids is 2. The van der Waals surface area contributed by atoms with Crippen molar-refractivity contribution >= 4 is 64.9 Å². The summed E-state index contributed by atoms with van der Waals surface area (Å²) in [4.78, 5) is 32.5. The molecule has 2 N–H and O–H groups in total. The molecule has 2 aromatic carbocycles. The van der Waals surface area contributed by atoms with Crippen LogP contribution in [0.4, 0.5) is 10.3 Å². The summed E-state index contributed by atoms with van der Waals surface area (Å²) in [5.41, 5.74) is 1.46. The van der Waals surface area contributed by atoms with E-state index in [1.54, 1.807) is 0 Å². The molecule has 0 amide bonds. The number of nitrogens with zero attached hydrogens (tertiary/aromatic N) is 6. The molecule has 1 radical (unpaired) electrons. The van der Waals surface area contributed by atoms with Crippen molar-refractivity contribution in [1.29, 1.82) is 0 Å². The van der Waals surface area contributed by atoms with Crippen LogP contribution in [0.1, 0.15) is 59.8 Å². The number of ketones is 2. The van der Waals surface area contributed by atoms with E-state index in [1.165, 1.54) is 22.7 Å². The van der Waals surface area contributed by atoms with Gasteiger partial charge in [0.05, 0.1) is 33.6 Å². The van der Waals surface area contributed by atoms with Gasteiger partial charge in [0.25, 0.3) is 0 Å². The van der Waals surface area contributed by atoms with Crippen LogP contribution in [0.15, 0.2) is 79.8 Å². The first-order valence-electron chi connectivity index (χ1n) is 14.9. The SMILES string of the molecule is CCOc1ccc2nc(N=NC3=C(O)CC(C)(C)CC3=O)sc2c1.CCOc1ccc2nc(N=NC3=C(O)CCCC3=O)sc2c1.[Cu+2]. The first-order valence-corrected chi connectivity index (χ1v) is 16.5. The quantitative estimate of drug-likeness (QED) is 0.134. The largest absolute Gasteiger partial charge is 2.00 e. The van der Waals surface area contributed by atoms with E-state index in [2.05, 4.69) is 30.4 Å². The molecule has 47 heavy (non-hydrogen) atoms. The van der Waals surface area contributed by atoms with E-state index in [4.69, 9.17) is 9.47 Å². The minimum atomic E-state index is -0.244. The van der Waals surface area contributed by atoms with Crippen molar-refractivity contribution < 1.29 is 46.3 Å². The molecule has 0 spiro atoms. The predicted molar refractivity (Wildman–Crippen MR) is 177 cm³/mol. The van der Waals surface area contributed by atoms with Gasteiger partial charge < -0.3 is 19.7 Å². The molecule has 2 aromatic heterocycles. The third-order valence-corrected chi connectivity index (χ3v) is 8.77. The number of hydrogen-bond donors (Lipinski definition) is 2. The number of aliphatic hydroxyl groups excluding tert-OH is 2. The number of allylic oxidation sites excluding steroid dienone is 4. The van der Waals surface area contributed by atoms with Crippen LogP contribution in [0, 0.1) is 5.41 Å². The number of benzene rings is 2. The molecule has 2 heterocycles. The van der Waals surface area contributed by atoms with Gasteiger partial charge in [-0.3, -0.25) is 9.59 Å². The summed E-state index contributed by atoms with van der Waals surface area (Å²) in [5, 5.41) is 36.6. The van der Waals surface area contributed by atoms with E-state index in [0.29, 0.717) is 55.6 Å². The summed E-state index contributed by atoms with van der Waals surface area (Å²) in [6.07, 6.45) is 2.30. The molecule has 12 nitrogen and oxygen atoms in total. The third kappa shape index (κ3) is 9.07. The predicted octanol–water partition coefficient (Wildman–Crippen LogP) is 9.24. The second-order valence-electron chi connectivity index (χ2n) is 11.3. The van der Waals surface area contributed by atoms with Gasteiger partial charge in [-0.1, -0.05) is 36.5 Å². The summed E-state index contributed by atoms with van der Waals surface area (Å²) in [7, 11) is 0. The molecule has 6 rings (SSSR count). The van der Waals surface area contributed by atoms with Crippen LogP contribution in [0.25, 0.3) is 20.4 Å². The van der Waals surface area contributed by atoms with E-state index < -0.39 is 0 Å². The molecular formula is C32H34CuN6O6S2+2. The smallest absolute Gasteiger partial charge is 0.510 e. The van der Waals surface area contributed by atoms with Crippen molar-refractivity contribution in [2.24, 2.45) is 25.9 Å². The normalized spacial score (nSPS) is 16.6. The van der Waals surface area contributed by atoms with Crippen molar-refractivity contribution in [2.75, 3.05) is 13.2 Å². The number of ether oxygens (including phenoxy) is 2. The fourth-order valence-corrected chi connectivity index (χ4v) is 6.52. The zero-order valence-electron chi connectivity index (χ0n) is 26.2. The minimum Gasteiger partial charge on any atom is -0.510 e. The van der Waals surface area contributed by atoms with Gasteiger partial charge in [0, 0.05) is 25.7 Å². The molecule has 0 saturated heterocycles. The monoisotopic (exact) mass is 725 g/mol. The van der Waals surface area contributed by atoms with Crippen molar-refractivity contribution in [3.8, 4) is 11.5 Å². The third-order valence-electron chi connectivity index (χ3n) is 6.97. The van der Waals surface area contributed by atoms with E-state index >= 15 is 0 Å². The fraction of sp³-hybridized carbons (Fsp3) is 0.375. The Morgan fingerprint density at radius 3 is 1.72 bits per heavy atom. The van der Waals surface area contributed by atoms with Gasteiger partial charge in [-0.15, -0.1) is 20.5 Å². The van der Waals surface area contributed by atoms with E-state index in [0.717, 1.165) is 31.9 Å². The molecular weight excluding hydrogens is 692 g/mol. The number of hydrogen-bond acceptors (Lipinski definition) is 14. The topological polar surface area (TPSA) is 168 Å². The van der Waals surface area contributed by atoms with E-state index in [9.17, 15) is 19.8 Å². The number of carbonyl (C=O) groups is 2. The number of aliphatic hydroxyl groups is 2. The summed E-state index contributed by atoms with van der Waals surface area (Å²) in [5.74, 6) is 1.21. The Bertz CT molecular complexity index is 1910. The Balaban J connectivity index is 0.000000209. The van der Waals surface area contributed by atoms with Crippen molar-refractivity contribution in [2.45, 2.75) is 59.8 Å². The molecule has 0 bridgehead atoms. The Kier molecular flexibility index (Phi) is 12.0. The van der Waals surface area contributed by atoms with Gasteiger partial charge in [-0.25, -0.2) is 9.97 Å². The van der Waals surface area contributed by atoms with Crippen molar-refractivity contribution in [3.05, 3.63) is 59.3 Å². The van der Waals surface area contributed by atoms with Crippen LogP contribution in [0.5, 0.6) is 11.5 Å². The molecule has 0 unspecified atom stereocenters. The van der Waals surface area contributed by atoms with Crippen LogP contribution in [0.3, 0.4) is 0 Å². The summed E-state index contributed by atoms with van der Waals surface area (Å²) in [6.45, 7) is 8.95. The fourth-order valence-electron chi connectivity index (χ4n) is 4.89. The Morgan fingerprint density at radius 2 is 1.26 bits per heavy atom. The van der Waals surface area contributed by atoms with Crippen molar-refractivity contribution in [1.82, 2.24) is 9.97 Å². The summed E-state index contributed by atoms with van der Waals surface area (Å²) in [6, 6.07) is 11.2. The van der Waals surface area contributed by atoms with Gasteiger partial charge in [0.1, 0.15) is 23.0 Å². The van der Waals surface area contributed by atoms with Gasteiger partial charge in [-0.2, -0.15) is 0 Å². The number of aromatic nitrogens is 2. The van der Waals surface area contributed by atoms with Crippen LogP contribution < -0.4 is 9.47 Å². The maximum Gasteiger partial charge on any atom is 2.00 e.